The van der Waals surface area contributed by atoms with Gasteiger partial charge in [0.1, 0.15) is 0 Å². The third-order valence-corrected chi connectivity index (χ3v) is 4.49. The van der Waals surface area contributed by atoms with Crippen LogP contribution in [-0.4, -0.2) is 14.2 Å². The summed E-state index contributed by atoms with van der Waals surface area (Å²) in [7, 11) is -1.03. The van der Waals surface area contributed by atoms with E-state index >= 15 is 0 Å². The molecule has 2 heteroatoms. The summed E-state index contributed by atoms with van der Waals surface area (Å²) in [4.78, 5) is 0. The summed E-state index contributed by atoms with van der Waals surface area (Å²) in [5.74, 6) is 0. The maximum Gasteiger partial charge on any atom is 0.0596 e. The van der Waals surface area contributed by atoms with Crippen molar-refractivity contribution in [1.82, 2.24) is 5.32 Å². The Balaban J connectivity index is 2.25. The zero-order chi connectivity index (χ0) is 13.2. The normalized spacial score (nSPS) is 13.8. The van der Waals surface area contributed by atoms with Gasteiger partial charge in [-0.25, -0.2) is 0 Å². The smallest absolute Gasteiger partial charge is 0.0596 e. The molecule has 0 fully saturated rings. The quantitative estimate of drug-likeness (QED) is 0.802. The molecular weight excluding hydrogens is 234 g/mol. The first-order chi connectivity index (χ1) is 8.47. The molecule has 0 aliphatic heterocycles. The van der Waals surface area contributed by atoms with Gasteiger partial charge in [0.2, 0.25) is 0 Å². The zero-order valence-electron chi connectivity index (χ0n) is 11.8. The topological polar surface area (TPSA) is 12.0 Å². The van der Waals surface area contributed by atoms with Crippen molar-refractivity contribution < 1.29 is 0 Å². The Morgan fingerprint density at radius 1 is 1.00 bits per heavy atom. The Hall–Kier alpha value is -1.12. The lowest BCUT2D eigenvalue weighted by molar-refractivity contribution is 0.632. The highest BCUT2D eigenvalue weighted by Gasteiger charge is 2.15. The number of benzene rings is 2. The van der Waals surface area contributed by atoms with E-state index in [4.69, 9.17) is 0 Å². The van der Waals surface area contributed by atoms with Crippen LogP contribution in [0.1, 0.15) is 18.5 Å². The van der Waals surface area contributed by atoms with Crippen molar-refractivity contribution in [2.24, 2.45) is 0 Å². The Morgan fingerprint density at radius 3 is 2.39 bits per heavy atom. The van der Waals surface area contributed by atoms with Gasteiger partial charge in [-0.15, -0.1) is 0 Å². The van der Waals surface area contributed by atoms with Gasteiger partial charge in [0.25, 0.3) is 0 Å². The fraction of sp³-hybridized carbons (Fsp3) is 0.375. The average Bonchev–Trinajstić information content (AvgIpc) is 2.34. The van der Waals surface area contributed by atoms with Crippen LogP contribution in [0, 0.1) is 0 Å². The molecule has 1 atom stereocenters. The zero-order valence-corrected chi connectivity index (χ0v) is 12.8. The van der Waals surface area contributed by atoms with E-state index in [1.165, 1.54) is 16.3 Å². The molecule has 2 aromatic carbocycles. The summed E-state index contributed by atoms with van der Waals surface area (Å²) in [5, 5.41) is 6.39. The second-order valence-electron chi connectivity index (χ2n) is 6.23. The van der Waals surface area contributed by atoms with Gasteiger partial charge < -0.3 is 5.32 Å². The monoisotopic (exact) mass is 257 g/mol. The minimum atomic E-state index is -1.03. The van der Waals surface area contributed by atoms with Crippen LogP contribution in [-0.2, 0) is 0 Å². The highest BCUT2D eigenvalue weighted by Crippen LogP contribution is 2.24. The van der Waals surface area contributed by atoms with Crippen molar-refractivity contribution in [2.45, 2.75) is 32.6 Å². The molecule has 0 aliphatic carbocycles. The molecule has 1 nitrogen and oxygen atoms in total. The molecular formula is C16H23NSi. The molecule has 2 rings (SSSR count). The van der Waals surface area contributed by atoms with Crippen LogP contribution in [0.15, 0.2) is 42.5 Å². The van der Waals surface area contributed by atoms with Gasteiger partial charge in [-0.2, -0.15) is 0 Å². The fourth-order valence-corrected chi connectivity index (χ4v) is 3.12. The predicted molar refractivity (Wildman–Crippen MR) is 83.7 cm³/mol. The minimum absolute atomic E-state index is 0.419. The number of rotatable bonds is 4. The molecule has 1 N–H and O–H groups in total. The molecule has 18 heavy (non-hydrogen) atoms. The van der Waals surface area contributed by atoms with Crippen molar-refractivity contribution in [3.63, 3.8) is 0 Å². The van der Waals surface area contributed by atoms with Crippen LogP contribution in [0.25, 0.3) is 10.8 Å². The molecule has 0 amide bonds. The van der Waals surface area contributed by atoms with Gasteiger partial charge in [-0.05, 0) is 29.4 Å². The Morgan fingerprint density at radius 2 is 1.67 bits per heavy atom. The minimum Gasteiger partial charge on any atom is -0.313 e. The first-order valence-corrected chi connectivity index (χ1v) is 10.4. The van der Waals surface area contributed by atoms with E-state index < -0.39 is 8.07 Å². The van der Waals surface area contributed by atoms with Gasteiger partial charge >= 0.3 is 0 Å². The first kappa shape index (κ1) is 13.3. The van der Waals surface area contributed by atoms with Gasteiger partial charge in [-0.1, -0.05) is 62.1 Å². The second kappa shape index (κ2) is 5.25. The Labute approximate surface area is 111 Å². The highest BCUT2D eigenvalue weighted by molar-refractivity contribution is 6.76. The molecule has 0 saturated heterocycles. The van der Waals surface area contributed by atoms with Crippen molar-refractivity contribution in [3.8, 4) is 0 Å². The molecule has 0 bridgehead atoms. The average molecular weight is 257 g/mol. The maximum atomic E-state index is 3.69. The van der Waals surface area contributed by atoms with E-state index in [2.05, 4.69) is 74.3 Å². The van der Waals surface area contributed by atoms with Crippen molar-refractivity contribution in [1.29, 1.82) is 0 Å². The molecule has 96 valence electrons. The number of nitrogens with one attached hydrogen (secondary N) is 1. The van der Waals surface area contributed by atoms with Crippen LogP contribution in [0.3, 0.4) is 0 Å². The van der Waals surface area contributed by atoms with E-state index in [9.17, 15) is 0 Å². The van der Waals surface area contributed by atoms with Gasteiger partial charge in [-0.3, -0.25) is 0 Å². The summed E-state index contributed by atoms with van der Waals surface area (Å²) in [5.41, 5.74) is 1.41. The second-order valence-corrected chi connectivity index (χ2v) is 11.7. The lowest BCUT2D eigenvalue weighted by atomic mass is 10.00. The summed E-state index contributed by atoms with van der Waals surface area (Å²) >= 11 is 0. The molecule has 0 aliphatic rings. The van der Waals surface area contributed by atoms with E-state index in [0.717, 1.165) is 6.17 Å². The maximum absolute atomic E-state index is 3.69. The molecule has 1 unspecified atom stereocenters. The molecule has 0 aromatic heterocycles. The molecule has 0 radical (unpaired) electrons. The number of hydrogen-bond donors (Lipinski definition) is 1. The Bertz CT molecular complexity index is 523. The van der Waals surface area contributed by atoms with Crippen molar-refractivity contribution in [3.05, 3.63) is 48.0 Å². The SMILES string of the molecule is CC(NC[Si](C)(C)C)c1cccc2ccccc12. The lowest BCUT2D eigenvalue weighted by Gasteiger charge is -2.22. The van der Waals surface area contributed by atoms with Gasteiger partial charge in [0.05, 0.1) is 8.07 Å². The molecule has 0 heterocycles. The molecule has 2 aromatic rings. The summed E-state index contributed by atoms with van der Waals surface area (Å²) < 4.78 is 0. The van der Waals surface area contributed by atoms with Crippen LogP contribution < -0.4 is 5.32 Å². The van der Waals surface area contributed by atoms with Gasteiger partial charge in [0, 0.05) is 6.04 Å². The first-order valence-electron chi connectivity index (χ1n) is 6.68. The molecule has 0 spiro atoms. The van der Waals surface area contributed by atoms with Crippen LogP contribution in [0.4, 0.5) is 0 Å². The van der Waals surface area contributed by atoms with E-state index in [-0.39, 0.29) is 0 Å². The third kappa shape index (κ3) is 3.21. The summed E-state index contributed by atoms with van der Waals surface area (Å²) in [6.45, 7) is 9.46. The molecule has 0 saturated carbocycles. The number of fused-ring (bicyclic) bond motifs is 1. The van der Waals surface area contributed by atoms with E-state index in [1.807, 2.05) is 0 Å². The van der Waals surface area contributed by atoms with Crippen molar-refractivity contribution in [2.75, 3.05) is 6.17 Å². The summed E-state index contributed by atoms with van der Waals surface area (Å²) in [6.07, 6.45) is 1.16. The highest BCUT2D eigenvalue weighted by atomic mass is 28.3. The predicted octanol–water partition coefficient (Wildman–Crippen LogP) is 4.37. The van der Waals surface area contributed by atoms with Crippen LogP contribution >= 0.6 is 0 Å². The van der Waals surface area contributed by atoms with Crippen molar-refractivity contribution >= 4 is 18.8 Å². The van der Waals surface area contributed by atoms with Gasteiger partial charge in [0.15, 0.2) is 0 Å². The largest absolute Gasteiger partial charge is 0.313 e. The van der Waals surface area contributed by atoms with Crippen LogP contribution in [0.5, 0.6) is 0 Å². The fourth-order valence-electron chi connectivity index (χ4n) is 2.20. The lowest BCUT2D eigenvalue weighted by Crippen LogP contribution is -2.37. The number of hydrogen-bond acceptors (Lipinski definition) is 1. The Kier molecular flexibility index (Phi) is 3.88. The summed E-state index contributed by atoms with van der Waals surface area (Å²) in [6, 6.07) is 15.6. The van der Waals surface area contributed by atoms with E-state index in [1.54, 1.807) is 0 Å². The standard InChI is InChI=1S/C16H23NSi/c1-13(17-12-18(2,3)4)15-11-7-9-14-8-5-6-10-16(14)15/h5-11,13,17H,12H2,1-4H3. The van der Waals surface area contributed by atoms with E-state index in [0.29, 0.717) is 6.04 Å². The van der Waals surface area contributed by atoms with Crippen LogP contribution in [0.2, 0.25) is 19.6 Å². The third-order valence-electron chi connectivity index (χ3n) is 3.23.